The SMILES string of the molecule is C=CCc1ccc(OC(C)C)cc1. The molecule has 0 aliphatic carbocycles. The summed E-state index contributed by atoms with van der Waals surface area (Å²) in [7, 11) is 0. The van der Waals surface area contributed by atoms with Gasteiger partial charge in [-0.05, 0) is 38.0 Å². The molecule has 13 heavy (non-hydrogen) atoms. The zero-order chi connectivity index (χ0) is 9.68. The van der Waals surface area contributed by atoms with Crippen LogP contribution in [0.5, 0.6) is 5.75 Å². The summed E-state index contributed by atoms with van der Waals surface area (Å²) in [4.78, 5) is 0. The van der Waals surface area contributed by atoms with Crippen molar-refractivity contribution in [1.29, 1.82) is 0 Å². The van der Waals surface area contributed by atoms with E-state index in [4.69, 9.17) is 4.74 Å². The first-order valence-corrected chi connectivity index (χ1v) is 4.59. The van der Waals surface area contributed by atoms with Gasteiger partial charge in [-0.3, -0.25) is 0 Å². The van der Waals surface area contributed by atoms with Crippen molar-refractivity contribution >= 4 is 0 Å². The molecule has 0 fully saturated rings. The first-order chi connectivity index (χ1) is 6.22. The first-order valence-electron chi connectivity index (χ1n) is 4.59. The third-order valence-corrected chi connectivity index (χ3v) is 1.68. The maximum absolute atomic E-state index is 5.52. The molecule has 1 nitrogen and oxygen atoms in total. The van der Waals surface area contributed by atoms with Crippen LogP contribution in [0.3, 0.4) is 0 Å². The van der Waals surface area contributed by atoms with E-state index in [1.54, 1.807) is 0 Å². The fourth-order valence-corrected chi connectivity index (χ4v) is 1.14. The molecule has 0 radical (unpaired) electrons. The summed E-state index contributed by atoms with van der Waals surface area (Å²) in [6.45, 7) is 7.75. The van der Waals surface area contributed by atoms with Crippen molar-refractivity contribution in [2.75, 3.05) is 0 Å². The number of rotatable bonds is 4. The normalized spacial score (nSPS) is 10.1. The maximum Gasteiger partial charge on any atom is 0.119 e. The summed E-state index contributed by atoms with van der Waals surface area (Å²) in [5.41, 5.74) is 1.27. The van der Waals surface area contributed by atoms with Crippen LogP contribution < -0.4 is 4.74 Å². The lowest BCUT2D eigenvalue weighted by Gasteiger charge is -2.09. The highest BCUT2D eigenvalue weighted by Gasteiger charge is 1.96. The van der Waals surface area contributed by atoms with Gasteiger partial charge in [0.15, 0.2) is 0 Å². The van der Waals surface area contributed by atoms with Gasteiger partial charge in [0.05, 0.1) is 6.10 Å². The summed E-state index contributed by atoms with van der Waals surface area (Å²) in [6.07, 6.45) is 3.06. The van der Waals surface area contributed by atoms with Gasteiger partial charge in [0.1, 0.15) is 5.75 Å². The van der Waals surface area contributed by atoms with Gasteiger partial charge in [-0.1, -0.05) is 18.2 Å². The third kappa shape index (κ3) is 3.32. The van der Waals surface area contributed by atoms with Gasteiger partial charge in [-0.15, -0.1) is 6.58 Å². The average molecular weight is 176 g/mol. The van der Waals surface area contributed by atoms with E-state index in [9.17, 15) is 0 Å². The van der Waals surface area contributed by atoms with Gasteiger partial charge in [0.25, 0.3) is 0 Å². The van der Waals surface area contributed by atoms with Crippen LogP contribution in [0.15, 0.2) is 36.9 Å². The van der Waals surface area contributed by atoms with E-state index in [0.717, 1.165) is 12.2 Å². The smallest absolute Gasteiger partial charge is 0.119 e. The van der Waals surface area contributed by atoms with Crippen LogP contribution in [0.25, 0.3) is 0 Å². The Hall–Kier alpha value is -1.24. The molecule has 1 heteroatoms. The van der Waals surface area contributed by atoms with Crippen molar-refractivity contribution < 1.29 is 4.74 Å². The Morgan fingerprint density at radius 1 is 1.31 bits per heavy atom. The molecule has 0 aromatic heterocycles. The van der Waals surface area contributed by atoms with Gasteiger partial charge in [0.2, 0.25) is 0 Å². The molecule has 0 spiro atoms. The van der Waals surface area contributed by atoms with Gasteiger partial charge < -0.3 is 4.74 Å². The van der Waals surface area contributed by atoms with Crippen molar-refractivity contribution in [2.45, 2.75) is 26.4 Å². The van der Waals surface area contributed by atoms with Gasteiger partial charge in [0, 0.05) is 0 Å². The minimum absolute atomic E-state index is 0.241. The molecular weight excluding hydrogens is 160 g/mol. The topological polar surface area (TPSA) is 9.23 Å². The molecule has 0 N–H and O–H groups in total. The van der Waals surface area contributed by atoms with E-state index in [1.807, 2.05) is 32.1 Å². The fraction of sp³-hybridized carbons (Fsp3) is 0.333. The van der Waals surface area contributed by atoms with Crippen molar-refractivity contribution in [3.05, 3.63) is 42.5 Å². The van der Waals surface area contributed by atoms with Crippen molar-refractivity contribution in [1.82, 2.24) is 0 Å². The van der Waals surface area contributed by atoms with E-state index in [0.29, 0.717) is 0 Å². The molecular formula is C12H16O. The molecule has 0 bridgehead atoms. The highest BCUT2D eigenvalue weighted by molar-refractivity contribution is 5.28. The minimum atomic E-state index is 0.241. The zero-order valence-corrected chi connectivity index (χ0v) is 8.29. The molecule has 0 saturated heterocycles. The van der Waals surface area contributed by atoms with E-state index in [1.165, 1.54) is 5.56 Å². The lowest BCUT2D eigenvalue weighted by atomic mass is 10.1. The summed E-state index contributed by atoms with van der Waals surface area (Å²) < 4.78 is 5.52. The zero-order valence-electron chi connectivity index (χ0n) is 8.29. The van der Waals surface area contributed by atoms with Crippen LogP contribution in [-0.2, 0) is 6.42 Å². The molecule has 0 saturated carbocycles. The number of hydrogen-bond donors (Lipinski definition) is 0. The van der Waals surface area contributed by atoms with Gasteiger partial charge in [-0.2, -0.15) is 0 Å². The molecule has 0 unspecified atom stereocenters. The predicted octanol–water partition coefficient (Wildman–Crippen LogP) is 3.20. The largest absolute Gasteiger partial charge is 0.491 e. The van der Waals surface area contributed by atoms with E-state index >= 15 is 0 Å². The Morgan fingerprint density at radius 3 is 2.38 bits per heavy atom. The first kappa shape index (κ1) is 9.85. The number of ether oxygens (including phenoxy) is 1. The molecule has 70 valence electrons. The van der Waals surface area contributed by atoms with Gasteiger partial charge in [-0.25, -0.2) is 0 Å². The van der Waals surface area contributed by atoms with Crippen LogP contribution in [0.2, 0.25) is 0 Å². The highest BCUT2D eigenvalue weighted by atomic mass is 16.5. The summed E-state index contributed by atoms with van der Waals surface area (Å²) in [5, 5.41) is 0. The Morgan fingerprint density at radius 2 is 1.92 bits per heavy atom. The average Bonchev–Trinajstić information content (AvgIpc) is 2.08. The summed E-state index contributed by atoms with van der Waals surface area (Å²) in [6, 6.07) is 8.14. The quantitative estimate of drug-likeness (QED) is 0.640. The van der Waals surface area contributed by atoms with Crippen molar-refractivity contribution in [3.8, 4) is 5.75 Å². The molecule has 1 rings (SSSR count). The second-order valence-electron chi connectivity index (χ2n) is 3.30. The maximum atomic E-state index is 5.52. The lowest BCUT2D eigenvalue weighted by molar-refractivity contribution is 0.242. The third-order valence-electron chi connectivity index (χ3n) is 1.68. The van der Waals surface area contributed by atoms with Crippen LogP contribution >= 0.6 is 0 Å². The molecule has 0 amide bonds. The van der Waals surface area contributed by atoms with Crippen LogP contribution in [0, 0.1) is 0 Å². The second kappa shape index (κ2) is 4.70. The monoisotopic (exact) mass is 176 g/mol. The molecule has 0 heterocycles. The Kier molecular flexibility index (Phi) is 3.56. The van der Waals surface area contributed by atoms with Crippen molar-refractivity contribution in [2.24, 2.45) is 0 Å². The highest BCUT2D eigenvalue weighted by Crippen LogP contribution is 2.14. The summed E-state index contributed by atoms with van der Waals surface area (Å²) >= 11 is 0. The van der Waals surface area contributed by atoms with Crippen LogP contribution in [0.1, 0.15) is 19.4 Å². The Balaban J connectivity index is 2.63. The molecule has 0 aliphatic heterocycles. The van der Waals surface area contributed by atoms with E-state index in [2.05, 4.69) is 18.7 Å². The second-order valence-corrected chi connectivity index (χ2v) is 3.30. The standard InChI is InChI=1S/C12H16O/c1-4-5-11-6-8-12(9-7-11)13-10(2)3/h4,6-10H,1,5H2,2-3H3. The number of hydrogen-bond acceptors (Lipinski definition) is 1. The van der Waals surface area contributed by atoms with Crippen LogP contribution in [-0.4, -0.2) is 6.10 Å². The fourth-order valence-electron chi connectivity index (χ4n) is 1.14. The predicted molar refractivity (Wildman–Crippen MR) is 56.1 cm³/mol. The molecule has 1 aromatic rings. The van der Waals surface area contributed by atoms with Gasteiger partial charge >= 0.3 is 0 Å². The Labute approximate surface area is 80.0 Å². The van der Waals surface area contributed by atoms with Crippen molar-refractivity contribution in [3.63, 3.8) is 0 Å². The summed E-state index contributed by atoms with van der Waals surface area (Å²) in [5.74, 6) is 0.933. The molecule has 0 atom stereocenters. The number of benzene rings is 1. The van der Waals surface area contributed by atoms with Crippen LogP contribution in [0.4, 0.5) is 0 Å². The molecule has 0 aliphatic rings. The molecule has 1 aromatic carbocycles. The number of allylic oxidation sites excluding steroid dienone is 1. The lowest BCUT2D eigenvalue weighted by Crippen LogP contribution is -2.05. The van der Waals surface area contributed by atoms with E-state index in [-0.39, 0.29) is 6.10 Å². The minimum Gasteiger partial charge on any atom is -0.491 e. The Bertz CT molecular complexity index is 259. The van der Waals surface area contributed by atoms with E-state index < -0.39 is 0 Å².